The number of piperidine rings is 1. The zero-order valence-corrected chi connectivity index (χ0v) is 16.1. The molecule has 5 nitrogen and oxygen atoms in total. The van der Waals surface area contributed by atoms with Gasteiger partial charge in [0.25, 0.3) is 0 Å². The summed E-state index contributed by atoms with van der Waals surface area (Å²) in [6.45, 7) is 7.03. The van der Waals surface area contributed by atoms with Crippen molar-refractivity contribution in [1.29, 1.82) is 0 Å². The van der Waals surface area contributed by atoms with Crippen LogP contribution < -0.4 is 10.6 Å². The summed E-state index contributed by atoms with van der Waals surface area (Å²) in [6.07, 6.45) is 4.98. The van der Waals surface area contributed by atoms with Crippen molar-refractivity contribution in [2.45, 2.75) is 51.7 Å². The second-order valence-corrected chi connectivity index (χ2v) is 6.78. The highest BCUT2D eigenvalue weighted by atomic mass is 16.5. The lowest BCUT2D eigenvalue weighted by molar-refractivity contribution is 0.152. The molecule has 1 saturated heterocycles. The summed E-state index contributed by atoms with van der Waals surface area (Å²) in [6, 6.07) is 9.42. The lowest BCUT2D eigenvalue weighted by atomic mass is 10.0. The second kappa shape index (κ2) is 11.1. The van der Waals surface area contributed by atoms with Crippen LogP contribution in [0, 0.1) is 0 Å². The molecule has 1 aromatic rings. The molecule has 1 fully saturated rings. The topological polar surface area (TPSA) is 48.9 Å². The monoisotopic (exact) mass is 346 g/mol. The fraction of sp³-hybridized carbons (Fsp3) is 0.650. The molecule has 1 aromatic carbocycles. The predicted octanol–water partition coefficient (Wildman–Crippen LogP) is 2.76. The minimum Gasteiger partial charge on any atom is -0.385 e. The van der Waals surface area contributed by atoms with Crippen LogP contribution >= 0.6 is 0 Å². The minimum absolute atomic E-state index is 0.685. The number of nitrogens with one attached hydrogen (secondary N) is 2. The molecule has 0 saturated carbocycles. The van der Waals surface area contributed by atoms with Crippen LogP contribution in [0.25, 0.3) is 0 Å². The Bertz CT molecular complexity index is 532. The summed E-state index contributed by atoms with van der Waals surface area (Å²) < 4.78 is 5.08. The van der Waals surface area contributed by atoms with Gasteiger partial charge in [-0.05, 0) is 43.9 Å². The number of benzene rings is 1. The van der Waals surface area contributed by atoms with Crippen LogP contribution in [0.15, 0.2) is 29.3 Å². The first-order valence-electron chi connectivity index (χ1n) is 9.49. The first kappa shape index (κ1) is 19.7. The van der Waals surface area contributed by atoms with Crippen molar-refractivity contribution in [3.05, 3.63) is 35.4 Å². The fourth-order valence-electron chi connectivity index (χ4n) is 3.32. The molecule has 0 aromatic heterocycles. The molecule has 1 unspecified atom stereocenters. The van der Waals surface area contributed by atoms with Crippen LogP contribution in [0.4, 0.5) is 0 Å². The number of nitrogens with zero attached hydrogens (tertiary/aromatic N) is 2. The second-order valence-electron chi connectivity index (χ2n) is 6.78. The molecule has 2 N–H and O–H groups in total. The van der Waals surface area contributed by atoms with Crippen LogP contribution in [0.3, 0.4) is 0 Å². The number of ether oxygens (including phenoxy) is 1. The fourth-order valence-corrected chi connectivity index (χ4v) is 3.32. The van der Waals surface area contributed by atoms with E-state index >= 15 is 0 Å². The van der Waals surface area contributed by atoms with Gasteiger partial charge in [0, 0.05) is 46.4 Å². The van der Waals surface area contributed by atoms with Crippen molar-refractivity contribution >= 4 is 5.96 Å². The van der Waals surface area contributed by atoms with Crippen LogP contribution in [-0.2, 0) is 17.8 Å². The maximum atomic E-state index is 5.08. The van der Waals surface area contributed by atoms with Gasteiger partial charge in [-0.1, -0.05) is 30.7 Å². The van der Waals surface area contributed by atoms with Gasteiger partial charge >= 0.3 is 0 Å². The van der Waals surface area contributed by atoms with Gasteiger partial charge in [-0.2, -0.15) is 0 Å². The van der Waals surface area contributed by atoms with Crippen molar-refractivity contribution in [3.63, 3.8) is 0 Å². The van der Waals surface area contributed by atoms with Crippen LogP contribution in [0.1, 0.15) is 43.7 Å². The summed E-state index contributed by atoms with van der Waals surface area (Å²) in [4.78, 5) is 6.91. The highest BCUT2D eigenvalue weighted by Crippen LogP contribution is 2.20. The third kappa shape index (κ3) is 6.67. The van der Waals surface area contributed by atoms with Crippen molar-refractivity contribution in [2.24, 2.45) is 4.99 Å². The maximum Gasteiger partial charge on any atom is 0.191 e. The number of aliphatic imine (C=N–C) groups is 1. The standard InChI is InChI=1S/C20H34N4O/c1-17-9-6-7-13-24(17)16-19-11-5-4-10-18(19)15-23-20(21-2)22-12-8-14-25-3/h4-5,10-11,17H,6-9,12-16H2,1-3H3,(H2,21,22,23). The highest BCUT2D eigenvalue weighted by molar-refractivity contribution is 5.79. The lowest BCUT2D eigenvalue weighted by Gasteiger charge is -2.33. The normalized spacial score (nSPS) is 19.0. The molecule has 0 radical (unpaired) electrons. The molecule has 1 heterocycles. The third-order valence-corrected chi connectivity index (χ3v) is 4.92. The molecular weight excluding hydrogens is 312 g/mol. The zero-order chi connectivity index (χ0) is 17.9. The highest BCUT2D eigenvalue weighted by Gasteiger charge is 2.19. The summed E-state index contributed by atoms with van der Waals surface area (Å²) in [5, 5.41) is 6.76. The molecule has 0 bridgehead atoms. The lowest BCUT2D eigenvalue weighted by Crippen LogP contribution is -2.38. The van der Waals surface area contributed by atoms with Gasteiger partial charge < -0.3 is 15.4 Å². The first-order chi connectivity index (χ1) is 12.2. The largest absolute Gasteiger partial charge is 0.385 e. The molecule has 5 heteroatoms. The van der Waals surface area contributed by atoms with E-state index < -0.39 is 0 Å². The molecule has 1 aliphatic rings. The van der Waals surface area contributed by atoms with E-state index in [4.69, 9.17) is 4.74 Å². The van der Waals surface area contributed by atoms with Gasteiger partial charge in [0.05, 0.1) is 0 Å². The van der Waals surface area contributed by atoms with E-state index in [1.807, 2.05) is 7.05 Å². The first-order valence-corrected chi connectivity index (χ1v) is 9.49. The molecule has 1 aliphatic heterocycles. The van der Waals surface area contributed by atoms with Gasteiger partial charge in [-0.25, -0.2) is 0 Å². The quantitative estimate of drug-likeness (QED) is 0.432. The van der Waals surface area contributed by atoms with Gasteiger partial charge in [0.15, 0.2) is 5.96 Å². The summed E-state index contributed by atoms with van der Waals surface area (Å²) >= 11 is 0. The van der Waals surface area contributed by atoms with E-state index in [0.717, 1.165) is 38.6 Å². The Kier molecular flexibility index (Phi) is 8.77. The summed E-state index contributed by atoms with van der Waals surface area (Å²) in [5.74, 6) is 0.845. The van der Waals surface area contributed by atoms with Gasteiger partial charge in [-0.15, -0.1) is 0 Å². The number of methoxy groups -OCH3 is 1. The average molecular weight is 347 g/mol. The summed E-state index contributed by atoms with van der Waals surface area (Å²) in [5.41, 5.74) is 2.76. The number of hydrogen-bond acceptors (Lipinski definition) is 3. The van der Waals surface area contributed by atoms with Crippen LogP contribution in [0.5, 0.6) is 0 Å². The van der Waals surface area contributed by atoms with Crippen molar-refractivity contribution in [1.82, 2.24) is 15.5 Å². The summed E-state index contributed by atoms with van der Waals surface area (Å²) in [7, 11) is 3.54. The van der Waals surface area contributed by atoms with E-state index in [1.165, 1.54) is 36.9 Å². The Morgan fingerprint density at radius 3 is 2.76 bits per heavy atom. The molecular formula is C20H34N4O. The molecule has 25 heavy (non-hydrogen) atoms. The Morgan fingerprint density at radius 2 is 2.04 bits per heavy atom. The Morgan fingerprint density at radius 1 is 1.24 bits per heavy atom. The minimum atomic E-state index is 0.685. The third-order valence-electron chi connectivity index (χ3n) is 4.92. The number of hydrogen-bond donors (Lipinski definition) is 2. The van der Waals surface area contributed by atoms with E-state index in [9.17, 15) is 0 Å². The molecule has 0 spiro atoms. The van der Waals surface area contributed by atoms with Gasteiger partial charge in [0.1, 0.15) is 0 Å². The van der Waals surface area contributed by atoms with Crippen LogP contribution in [0.2, 0.25) is 0 Å². The predicted molar refractivity (Wildman–Crippen MR) is 105 cm³/mol. The number of rotatable bonds is 8. The molecule has 0 amide bonds. The average Bonchev–Trinajstić information content (AvgIpc) is 2.64. The zero-order valence-electron chi connectivity index (χ0n) is 16.1. The van der Waals surface area contributed by atoms with E-state index in [0.29, 0.717) is 6.04 Å². The van der Waals surface area contributed by atoms with Crippen LogP contribution in [-0.4, -0.2) is 50.8 Å². The van der Waals surface area contributed by atoms with Gasteiger partial charge in [0.2, 0.25) is 0 Å². The van der Waals surface area contributed by atoms with Gasteiger partial charge in [-0.3, -0.25) is 9.89 Å². The molecule has 140 valence electrons. The van der Waals surface area contributed by atoms with Crippen molar-refractivity contribution < 1.29 is 4.74 Å². The Balaban J connectivity index is 1.88. The van der Waals surface area contributed by atoms with E-state index in [-0.39, 0.29) is 0 Å². The van der Waals surface area contributed by atoms with E-state index in [1.54, 1.807) is 7.11 Å². The molecule has 0 aliphatic carbocycles. The molecule has 2 rings (SSSR count). The van der Waals surface area contributed by atoms with Crippen molar-refractivity contribution in [2.75, 3.05) is 33.9 Å². The Labute approximate surface area is 152 Å². The Hall–Kier alpha value is -1.59. The number of likely N-dealkylation sites (tertiary alicyclic amines) is 1. The smallest absolute Gasteiger partial charge is 0.191 e. The maximum absolute atomic E-state index is 5.08. The van der Waals surface area contributed by atoms with E-state index in [2.05, 4.69) is 51.7 Å². The number of guanidine groups is 1. The SMILES string of the molecule is CN=C(NCCCOC)NCc1ccccc1CN1CCCCC1C. The van der Waals surface area contributed by atoms with Crippen molar-refractivity contribution in [3.8, 4) is 0 Å². The molecule has 1 atom stereocenters.